The molecule has 2 aliphatic heterocycles. The van der Waals surface area contributed by atoms with Crippen LogP contribution >= 0.6 is 0 Å². The van der Waals surface area contributed by atoms with Crippen LogP contribution in [0.4, 0.5) is 4.79 Å². The number of hydrogen-bond acceptors (Lipinski definition) is 3. The average molecular weight is 380 g/mol. The highest BCUT2D eigenvalue weighted by Gasteiger charge is 2.28. The first kappa shape index (κ1) is 18.8. The fourth-order valence-electron chi connectivity index (χ4n) is 4.40. The zero-order valence-electron chi connectivity index (χ0n) is 16.3. The molecule has 5 nitrogen and oxygen atoms in total. The molecule has 2 aliphatic rings. The van der Waals surface area contributed by atoms with Crippen LogP contribution in [0, 0.1) is 0 Å². The van der Waals surface area contributed by atoms with Crippen LogP contribution in [0.1, 0.15) is 36.3 Å². The Morgan fingerprint density at radius 1 is 1.00 bits per heavy atom. The predicted octanol–water partition coefficient (Wildman–Crippen LogP) is 3.56. The van der Waals surface area contributed by atoms with Gasteiger partial charge in [0.05, 0.1) is 0 Å². The number of piperidine rings is 1. The molecule has 2 fully saturated rings. The molecule has 2 saturated heterocycles. The normalized spacial score (nSPS) is 21.0. The maximum Gasteiger partial charge on any atom is 0.317 e. The molecule has 0 aromatic heterocycles. The van der Waals surface area contributed by atoms with Crippen LogP contribution in [0.5, 0.6) is 5.75 Å². The van der Waals surface area contributed by atoms with Gasteiger partial charge in [0.2, 0.25) is 0 Å². The standard InChI is InChI=1S/C23H29N3O2/c27-22-8-4-7-20(15-22)19-9-13-26(14-10-19)23(28)24-21-11-12-25(17-21)16-18-5-2-1-3-6-18/h1-8,15,19,21,27H,9-14,16-17H2,(H,24,28). The second-order valence-electron chi connectivity index (χ2n) is 8.01. The van der Waals surface area contributed by atoms with Crippen molar-refractivity contribution in [3.8, 4) is 5.75 Å². The van der Waals surface area contributed by atoms with Gasteiger partial charge in [-0.2, -0.15) is 0 Å². The molecule has 2 amide bonds. The highest BCUT2D eigenvalue weighted by atomic mass is 16.3. The van der Waals surface area contributed by atoms with Crippen molar-refractivity contribution in [3.05, 3.63) is 65.7 Å². The van der Waals surface area contributed by atoms with Crippen molar-refractivity contribution >= 4 is 6.03 Å². The molecule has 0 aliphatic carbocycles. The van der Waals surface area contributed by atoms with Gasteiger partial charge in [0.1, 0.15) is 5.75 Å². The van der Waals surface area contributed by atoms with Crippen molar-refractivity contribution in [1.29, 1.82) is 0 Å². The number of likely N-dealkylation sites (tertiary alicyclic amines) is 2. The summed E-state index contributed by atoms with van der Waals surface area (Å²) in [6, 6.07) is 18.3. The molecule has 4 rings (SSSR count). The quantitative estimate of drug-likeness (QED) is 0.854. The Morgan fingerprint density at radius 3 is 2.54 bits per heavy atom. The van der Waals surface area contributed by atoms with E-state index in [0.29, 0.717) is 11.7 Å². The molecule has 148 valence electrons. The molecule has 0 saturated carbocycles. The third kappa shape index (κ3) is 4.65. The molecular weight excluding hydrogens is 350 g/mol. The highest BCUT2D eigenvalue weighted by molar-refractivity contribution is 5.74. The number of nitrogens with zero attached hydrogens (tertiary/aromatic N) is 2. The fourth-order valence-corrected chi connectivity index (χ4v) is 4.40. The van der Waals surface area contributed by atoms with Crippen LogP contribution < -0.4 is 5.32 Å². The van der Waals surface area contributed by atoms with Crippen LogP contribution in [0.2, 0.25) is 0 Å². The number of phenols is 1. The predicted molar refractivity (Wildman–Crippen MR) is 110 cm³/mol. The zero-order chi connectivity index (χ0) is 19.3. The topological polar surface area (TPSA) is 55.8 Å². The van der Waals surface area contributed by atoms with Gasteiger partial charge in [0.15, 0.2) is 0 Å². The van der Waals surface area contributed by atoms with Gasteiger partial charge in [-0.3, -0.25) is 4.90 Å². The lowest BCUT2D eigenvalue weighted by atomic mass is 9.89. The van der Waals surface area contributed by atoms with Gasteiger partial charge >= 0.3 is 6.03 Å². The van der Waals surface area contributed by atoms with E-state index in [1.807, 2.05) is 23.1 Å². The summed E-state index contributed by atoms with van der Waals surface area (Å²) in [5.74, 6) is 0.739. The summed E-state index contributed by atoms with van der Waals surface area (Å²) in [6.07, 6.45) is 2.90. The van der Waals surface area contributed by atoms with Crippen molar-refractivity contribution < 1.29 is 9.90 Å². The SMILES string of the molecule is O=C(NC1CCN(Cc2ccccc2)C1)N1CCC(c2cccc(O)c2)CC1. The maximum absolute atomic E-state index is 12.7. The van der Waals surface area contributed by atoms with Crippen molar-refractivity contribution in [2.75, 3.05) is 26.2 Å². The van der Waals surface area contributed by atoms with Crippen molar-refractivity contribution in [1.82, 2.24) is 15.1 Å². The summed E-state index contributed by atoms with van der Waals surface area (Å²) in [7, 11) is 0. The second kappa shape index (κ2) is 8.65. The van der Waals surface area contributed by atoms with E-state index in [1.165, 1.54) is 11.1 Å². The molecule has 1 unspecified atom stereocenters. The number of carbonyl (C=O) groups excluding carboxylic acids is 1. The number of benzene rings is 2. The molecule has 2 aromatic rings. The summed E-state index contributed by atoms with van der Waals surface area (Å²) < 4.78 is 0. The molecule has 0 radical (unpaired) electrons. The number of nitrogens with one attached hydrogen (secondary N) is 1. The van der Waals surface area contributed by atoms with Gasteiger partial charge in [-0.1, -0.05) is 42.5 Å². The van der Waals surface area contributed by atoms with Gasteiger partial charge in [-0.05, 0) is 48.4 Å². The molecule has 5 heteroatoms. The summed E-state index contributed by atoms with van der Waals surface area (Å²) in [5, 5.41) is 12.9. The monoisotopic (exact) mass is 379 g/mol. The molecule has 2 N–H and O–H groups in total. The van der Waals surface area contributed by atoms with Crippen LogP contribution in [0.25, 0.3) is 0 Å². The first-order valence-corrected chi connectivity index (χ1v) is 10.3. The number of phenolic OH excluding ortho intramolecular Hbond substituents is 1. The van der Waals surface area contributed by atoms with Gasteiger partial charge in [0.25, 0.3) is 0 Å². The Bertz CT molecular complexity index is 787. The Kier molecular flexibility index (Phi) is 5.81. The molecule has 28 heavy (non-hydrogen) atoms. The number of hydrogen-bond donors (Lipinski definition) is 2. The lowest BCUT2D eigenvalue weighted by Crippen LogP contribution is -2.48. The Hall–Kier alpha value is -2.53. The van der Waals surface area contributed by atoms with E-state index in [4.69, 9.17) is 0 Å². The third-order valence-electron chi connectivity index (χ3n) is 5.97. The number of rotatable bonds is 4. The van der Waals surface area contributed by atoms with Gasteiger partial charge in [0, 0.05) is 38.8 Å². The lowest BCUT2D eigenvalue weighted by Gasteiger charge is -2.33. The molecule has 0 bridgehead atoms. The zero-order valence-corrected chi connectivity index (χ0v) is 16.3. The van der Waals surface area contributed by atoms with Crippen molar-refractivity contribution in [3.63, 3.8) is 0 Å². The molecule has 2 aromatic carbocycles. The molecular formula is C23H29N3O2. The van der Waals surface area contributed by atoms with Crippen LogP contribution in [-0.2, 0) is 6.54 Å². The number of urea groups is 1. The average Bonchev–Trinajstić information content (AvgIpc) is 3.15. The third-order valence-corrected chi connectivity index (χ3v) is 5.97. The van der Waals surface area contributed by atoms with Crippen molar-refractivity contribution in [2.24, 2.45) is 0 Å². The summed E-state index contributed by atoms with van der Waals surface area (Å²) in [6.45, 7) is 4.43. The number of amides is 2. The number of aromatic hydroxyl groups is 1. The summed E-state index contributed by atoms with van der Waals surface area (Å²) >= 11 is 0. The van der Waals surface area contributed by atoms with Gasteiger partial charge in [-0.15, -0.1) is 0 Å². The Morgan fingerprint density at radius 2 is 1.79 bits per heavy atom. The van der Waals surface area contributed by atoms with E-state index < -0.39 is 0 Å². The van der Waals surface area contributed by atoms with Crippen molar-refractivity contribution in [2.45, 2.75) is 37.8 Å². The first-order chi connectivity index (χ1) is 13.7. The van der Waals surface area contributed by atoms with Gasteiger partial charge in [-0.25, -0.2) is 4.79 Å². The van der Waals surface area contributed by atoms with Crippen LogP contribution in [-0.4, -0.2) is 53.2 Å². The largest absolute Gasteiger partial charge is 0.508 e. The van der Waals surface area contributed by atoms with Gasteiger partial charge < -0.3 is 15.3 Å². The number of carbonyl (C=O) groups is 1. The molecule has 2 heterocycles. The van der Waals surface area contributed by atoms with E-state index in [1.54, 1.807) is 6.07 Å². The lowest BCUT2D eigenvalue weighted by molar-refractivity contribution is 0.177. The minimum absolute atomic E-state index is 0.0703. The molecule has 0 spiro atoms. The summed E-state index contributed by atoms with van der Waals surface area (Å²) in [4.78, 5) is 17.0. The first-order valence-electron chi connectivity index (χ1n) is 10.3. The Balaban J connectivity index is 1.23. The van der Waals surface area contributed by atoms with Crippen LogP contribution in [0.15, 0.2) is 54.6 Å². The minimum Gasteiger partial charge on any atom is -0.508 e. The Labute approximate surface area is 167 Å². The van der Waals surface area contributed by atoms with E-state index in [-0.39, 0.29) is 12.1 Å². The summed E-state index contributed by atoms with van der Waals surface area (Å²) in [5.41, 5.74) is 2.50. The van der Waals surface area contributed by atoms with E-state index >= 15 is 0 Å². The second-order valence-corrected chi connectivity index (χ2v) is 8.01. The highest BCUT2D eigenvalue weighted by Crippen LogP contribution is 2.29. The smallest absolute Gasteiger partial charge is 0.317 e. The van der Waals surface area contributed by atoms with Crippen LogP contribution in [0.3, 0.4) is 0 Å². The molecule has 1 atom stereocenters. The van der Waals surface area contributed by atoms with E-state index in [0.717, 1.165) is 52.0 Å². The van der Waals surface area contributed by atoms with E-state index in [9.17, 15) is 9.90 Å². The van der Waals surface area contributed by atoms with E-state index in [2.05, 4.69) is 40.5 Å². The fraction of sp³-hybridized carbons (Fsp3) is 0.435. The maximum atomic E-state index is 12.7. The minimum atomic E-state index is 0.0703.